The minimum absolute atomic E-state index is 0.0600. The zero-order valence-electron chi connectivity index (χ0n) is 18.9. The summed E-state index contributed by atoms with van der Waals surface area (Å²) >= 11 is 12.3. The molecule has 0 fully saturated rings. The molecule has 3 aromatic rings. The molecule has 1 N–H and O–H groups in total. The van der Waals surface area contributed by atoms with Gasteiger partial charge in [-0.05, 0) is 61.6 Å². The average molecular weight is 484 g/mol. The number of rotatable bonds is 8. The molecule has 3 aromatic carbocycles. The lowest BCUT2D eigenvalue weighted by Gasteiger charge is -2.20. The lowest BCUT2D eigenvalue weighted by Crippen LogP contribution is -2.26. The van der Waals surface area contributed by atoms with Crippen LogP contribution in [0.15, 0.2) is 71.7 Å². The van der Waals surface area contributed by atoms with E-state index in [0.29, 0.717) is 16.7 Å². The quantitative estimate of drug-likeness (QED) is 0.441. The van der Waals surface area contributed by atoms with E-state index in [-0.39, 0.29) is 12.1 Å². The number of nitrogens with zero attached hydrogens (tertiary/aromatic N) is 2. The van der Waals surface area contributed by atoms with Crippen LogP contribution >= 0.6 is 23.2 Å². The zero-order chi connectivity index (χ0) is 23.4. The summed E-state index contributed by atoms with van der Waals surface area (Å²) in [7, 11) is 5.69. The molecule has 1 aliphatic rings. The summed E-state index contributed by atoms with van der Waals surface area (Å²) in [5.74, 6) is 2.24. The molecule has 172 valence electrons. The molecule has 0 saturated carbocycles. The molecule has 0 aliphatic carbocycles. The van der Waals surface area contributed by atoms with Gasteiger partial charge in [0.2, 0.25) is 0 Å². The fourth-order valence-corrected chi connectivity index (χ4v) is 4.02. The van der Waals surface area contributed by atoms with Gasteiger partial charge in [0, 0.05) is 22.7 Å². The second-order valence-corrected chi connectivity index (χ2v) is 9.03. The van der Waals surface area contributed by atoms with E-state index in [0.717, 1.165) is 40.6 Å². The first-order valence-corrected chi connectivity index (χ1v) is 11.5. The number of ether oxygens (including phenoxy) is 2. The number of hydrogen-bond acceptors (Lipinski definition) is 5. The van der Waals surface area contributed by atoms with Crippen molar-refractivity contribution in [3.05, 3.63) is 93.5 Å². The maximum atomic E-state index is 6.14. The van der Waals surface area contributed by atoms with Crippen molar-refractivity contribution >= 4 is 29.0 Å². The molecule has 0 bridgehead atoms. The fourth-order valence-electron chi connectivity index (χ4n) is 3.77. The number of likely N-dealkylation sites (N-methyl/N-ethyl adjacent to an activating group) is 1. The van der Waals surface area contributed by atoms with E-state index in [9.17, 15) is 0 Å². The van der Waals surface area contributed by atoms with E-state index >= 15 is 0 Å². The van der Waals surface area contributed by atoms with Gasteiger partial charge in [-0.3, -0.25) is 4.99 Å². The van der Waals surface area contributed by atoms with Crippen LogP contribution in [0.1, 0.15) is 28.8 Å². The monoisotopic (exact) mass is 483 g/mol. The van der Waals surface area contributed by atoms with Crippen LogP contribution in [0.3, 0.4) is 0 Å². The Kier molecular flexibility index (Phi) is 7.43. The summed E-state index contributed by atoms with van der Waals surface area (Å²) in [5, 5.41) is 5.03. The van der Waals surface area contributed by atoms with Crippen LogP contribution < -0.4 is 14.8 Å². The number of amidine groups is 1. The van der Waals surface area contributed by atoms with Crippen molar-refractivity contribution in [2.75, 3.05) is 34.4 Å². The van der Waals surface area contributed by atoms with Gasteiger partial charge in [-0.15, -0.1) is 0 Å². The van der Waals surface area contributed by atoms with Crippen LogP contribution in [0.25, 0.3) is 0 Å². The molecule has 0 aromatic heterocycles. The third-order valence-electron chi connectivity index (χ3n) is 5.56. The molecule has 33 heavy (non-hydrogen) atoms. The van der Waals surface area contributed by atoms with Gasteiger partial charge in [0.25, 0.3) is 0 Å². The van der Waals surface area contributed by atoms with Crippen molar-refractivity contribution in [1.29, 1.82) is 0 Å². The highest BCUT2D eigenvalue weighted by Gasteiger charge is 2.33. The summed E-state index contributed by atoms with van der Waals surface area (Å²) in [6.07, 6.45) is 0. The summed E-state index contributed by atoms with van der Waals surface area (Å²) in [6.45, 7) is 1.36. The van der Waals surface area contributed by atoms with Gasteiger partial charge < -0.3 is 19.7 Å². The summed E-state index contributed by atoms with van der Waals surface area (Å²) in [5.41, 5.74) is 3.07. The van der Waals surface area contributed by atoms with Crippen molar-refractivity contribution < 1.29 is 9.47 Å². The Bertz CT molecular complexity index is 1120. The fraction of sp³-hybridized carbons (Fsp3) is 0.269. The Morgan fingerprint density at radius 3 is 2.15 bits per heavy atom. The topological polar surface area (TPSA) is 46.1 Å². The lowest BCUT2D eigenvalue weighted by atomic mass is 9.95. The lowest BCUT2D eigenvalue weighted by molar-refractivity contribution is 0.260. The van der Waals surface area contributed by atoms with Crippen molar-refractivity contribution in [3.8, 4) is 11.5 Å². The van der Waals surface area contributed by atoms with Gasteiger partial charge in [0.15, 0.2) is 0 Å². The zero-order valence-corrected chi connectivity index (χ0v) is 20.4. The van der Waals surface area contributed by atoms with Gasteiger partial charge in [0.1, 0.15) is 30.0 Å². The Morgan fingerprint density at radius 2 is 1.55 bits per heavy atom. The number of aliphatic imine (C=N–C) groups is 1. The summed E-state index contributed by atoms with van der Waals surface area (Å²) in [6, 6.07) is 21.3. The van der Waals surface area contributed by atoms with E-state index < -0.39 is 0 Å². The highest BCUT2D eigenvalue weighted by Crippen LogP contribution is 2.39. The molecule has 0 spiro atoms. The van der Waals surface area contributed by atoms with Crippen LogP contribution in [0.5, 0.6) is 11.5 Å². The first kappa shape index (κ1) is 23.4. The van der Waals surface area contributed by atoms with Crippen LogP contribution in [0, 0.1) is 0 Å². The molecular weight excluding hydrogens is 457 g/mol. The summed E-state index contributed by atoms with van der Waals surface area (Å²) in [4.78, 5) is 7.18. The second-order valence-electron chi connectivity index (χ2n) is 8.16. The van der Waals surface area contributed by atoms with E-state index in [4.69, 9.17) is 37.7 Å². The Hall–Kier alpha value is -2.73. The maximum Gasteiger partial charge on any atom is 0.133 e. The van der Waals surface area contributed by atoms with Gasteiger partial charge in [0.05, 0.1) is 18.7 Å². The largest absolute Gasteiger partial charge is 0.497 e. The van der Waals surface area contributed by atoms with Crippen molar-refractivity contribution in [3.63, 3.8) is 0 Å². The molecule has 2 atom stereocenters. The number of nitrogens with one attached hydrogen (secondary N) is 1. The number of halogens is 2. The SMILES string of the molecule is COc1ccc(C2=NC(c3ccc(Cl)cc3)C(c3ccc(Cl)cc3)N2)c(OCCN(C)C)c1. The molecule has 7 heteroatoms. The molecule has 4 rings (SSSR count). The Labute approximate surface area is 204 Å². The van der Waals surface area contributed by atoms with E-state index in [1.165, 1.54) is 0 Å². The van der Waals surface area contributed by atoms with E-state index in [1.54, 1.807) is 7.11 Å². The molecule has 0 amide bonds. The molecular formula is C26H27Cl2N3O2. The summed E-state index contributed by atoms with van der Waals surface area (Å²) < 4.78 is 11.6. The molecule has 2 unspecified atom stereocenters. The van der Waals surface area contributed by atoms with Gasteiger partial charge >= 0.3 is 0 Å². The minimum atomic E-state index is -0.129. The third kappa shape index (κ3) is 5.61. The Morgan fingerprint density at radius 1 is 0.909 bits per heavy atom. The Balaban J connectivity index is 1.71. The van der Waals surface area contributed by atoms with Crippen molar-refractivity contribution in [2.45, 2.75) is 12.1 Å². The van der Waals surface area contributed by atoms with Crippen molar-refractivity contribution in [2.24, 2.45) is 4.99 Å². The van der Waals surface area contributed by atoms with Gasteiger partial charge in [-0.1, -0.05) is 47.5 Å². The number of methoxy groups -OCH3 is 1. The average Bonchev–Trinajstić information content (AvgIpc) is 3.25. The first-order chi connectivity index (χ1) is 15.9. The normalized spacial score (nSPS) is 17.6. The number of hydrogen-bond donors (Lipinski definition) is 1. The predicted octanol–water partition coefficient (Wildman–Crippen LogP) is 5.77. The van der Waals surface area contributed by atoms with E-state index in [1.807, 2.05) is 80.8 Å². The predicted molar refractivity (Wildman–Crippen MR) is 135 cm³/mol. The molecule has 1 aliphatic heterocycles. The van der Waals surface area contributed by atoms with Gasteiger partial charge in [-0.25, -0.2) is 0 Å². The molecule has 0 radical (unpaired) electrons. The third-order valence-corrected chi connectivity index (χ3v) is 6.06. The standard InChI is InChI=1S/C26H27Cl2N3O2/c1-31(2)14-15-33-23-16-21(32-3)12-13-22(23)26-29-24(17-4-8-19(27)9-5-17)25(30-26)18-6-10-20(28)11-7-18/h4-13,16,24-25H,14-15H2,1-3H3,(H,29,30). The number of benzene rings is 3. The van der Waals surface area contributed by atoms with Crippen molar-refractivity contribution in [1.82, 2.24) is 10.2 Å². The second kappa shape index (κ2) is 10.5. The smallest absolute Gasteiger partial charge is 0.133 e. The maximum absolute atomic E-state index is 6.14. The van der Waals surface area contributed by atoms with Gasteiger partial charge in [-0.2, -0.15) is 0 Å². The molecule has 5 nitrogen and oxygen atoms in total. The van der Waals surface area contributed by atoms with E-state index in [2.05, 4.69) is 10.2 Å². The highest BCUT2D eigenvalue weighted by atomic mass is 35.5. The van der Waals surface area contributed by atoms with Crippen LogP contribution in [-0.4, -0.2) is 45.1 Å². The minimum Gasteiger partial charge on any atom is -0.497 e. The molecule has 1 heterocycles. The first-order valence-electron chi connectivity index (χ1n) is 10.8. The highest BCUT2D eigenvalue weighted by molar-refractivity contribution is 6.30. The van der Waals surface area contributed by atoms with Crippen LogP contribution in [-0.2, 0) is 0 Å². The van der Waals surface area contributed by atoms with Crippen LogP contribution in [0.4, 0.5) is 0 Å². The van der Waals surface area contributed by atoms with Crippen LogP contribution in [0.2, 0.25) is 10.0 Å². The molecule has 0 saturated heterocycles.